The van der Waals surface area contributed by atoms with Crippen LogP contribution in [0.2, 0.25) is 0 Å². The Kier molecular flexibility index (Phi) is 9.33. The van der Waals surface area contributed by atoms with Crippen molar-refractivity contribution in [3.8, 4) is 5.75 Å². The van der Waals surface area contributed by atoms with E-state index in [9.17, 15) is 9.59 Å². The van der Waals surface area contributed by atoms with Crippen LogP contribution in [0.15, 0.2) is 30.0 Å². The van der Waals surface area contributed by atoms with Gasteiger partial charge in [0.05, 0.1) is 24.9 Å². The number of benzene rings is 1. The Labute approximate surface area is 179 Å². The molecule has 0 radical (unpaired) electrons. The Morgan fingerprint density at radius 1 is 0.967 bits per heavy atom. The molecule has 2 rings (SSSR count). The predicted octanol–water partition coefficient (Wildman–Crippen LogP) is 2.95. The first-order chi connectivity index (χ1) is 14.4. The highest BCUT2D eigenvalue weighted by atomic mass is 16.5. The Balaban J connectivity index is 2.47. The van der Waals surface area contributed by atoms with Gasteiger partial charge in [0.15, 0.2) is 0 Å². The van der Waals surface area contributed by atoms with Gasteiger partial charge in [0.1, 0.15) is 11.4 Å². The molecule has 0 unspecified atom stereocenters. The van der Waals surface area contributed by atoms with Crippen molar-refractivity contribution in [2.45, 2.75) is 39.7 Å². The zero-order chi connectivity index (χ0) is 22.1. The van der Waals surface area contributed by atoms with Crippen molar-refractivity contribution in [1.82, 2.24) is 9.80 Å². The molecular formula is C23H34N2O5. The van der Waals surface area contributed by atoms with E-state index in [-0.39, 0.29) is 17.9 Å². The monoisotopic (exact) mass is 418 g/mol. The van der Waals surface area contributed by atoms with Gasteiger partial charge in [0.25, 0.3) is 11.8 Å². The number of rotatable bonds is 13. The lowest BCUT2D eigenvalue weighted by Crippen LogP contribution is -2.38. The lowest BCUT2D eigenvalue weighted by molar-refractivity contribution is -0.137. The molecule has 30 heavy (non-hydrogen) atoms. The number of unbranched alkanes of at least 4 members (excludes halogenated alkanes) is 1. The zero-order valence-electron chi connectivity index (χ0n) is 18.8. The maximum Gasteiger partial charge on any atom is 0.277 e. The minimum Gasteiger partial charge on any atom is -0.491 e. The summed E-state index contributed by atoms with van der Waals surface area (Å²) in [4.78, 5) is 29.8. The number of carbonyl (C=O) groups is 2. The third-order valence-electron chi connectivity index (χ3n) is 4.84. The molecule has 0 spiro atoms. The van der Waals surface area contributed by atoms with Crippen LogP contribution in [0.5, 0.6) is 5.75 Å². The minimum absolute atomic E-state index is 0.0587. The number of methoxy groups -OCH3 is 2. The second-order valence-electron chi connectivity index (χ2n) is 7.50. The molecule has 0 fully saturated rings. The normalized spacial score (nSPS) is 14.3. The zero-order valence-corrected chi connectivity index (χ0v) is 18.8. The van der Waals surface area contributed by atoms with E-state index in [0.717, 1.165) is 18.6 Å². The molecule has 0 bridgehead atoms. The molecule has 0 aliphatic carbocycles. The van der Waals surface area contributed by atoms with Gasteiger partial charge < -0.3 is 19.1 Å². The first-order valence-electron chi connectivity index (χ1n) is 10.5. The predicted molar refractivity (Wildman–Crippen MR) is 116 cm³/mol. The van der Waals surface area contributed by atoms with Crippen LogP contribution in [0.1, 0.15) is 39.2 Å². The maximum absolute atomic E-state index is 13.3. The lowest BCUT2D eigenvalue weighted by atomic mass is 10.0. The molecule has 0 saturated carbocycles. The van der Waals surface area contributed by atoms with Crippen molar-refractivity contribution < 1.29 is 23.8 Å². The van der Waals surface area contributed by atoms with Crippen LogP contribution in [-0.2, 0) is 19.1 Å². The average Bonchev–Trinajstić information content (AvgIpc) is 2.97. The van der Waals surface area contributed by atoms with Crippen LogP contribution in [-0.4, -0.2) is 74.8 Å². The molecule has 1 aromatic rings. The fourth-order valence-electron chi connectivity index (χ4n) is 3.35. The summed E-state index contributed by atoms with van der Waals surface area (Å²) >= 11 is 0. The van der Waals surface area contributed by atoms with E-state index in [1.807, 2.05) is 49.9 Å². The summed E-state index contributed by atoms with van der Waals surface area (Å²) in [7, 11) is 3.23. The Bertz CT molecular complexity index is 734. The van der Waals surface area contributed by atoms with Gasteiger partial charge in [-0.2, -0.15) is 0 Å². The van der Waals surface area contributed by atoms with Gasteiger partial charge in [-0.25, -0.2) is 0 Å². The molecule has 1 aliphatic rings. The van der Waals surface area contributed by atoms with Crippen LogP contribution in [0.25, 0.3) is 5.57 Å². The summed E-state index contributed by atoms with van der Waals surface area (Å²) in [6.45, 7) is 8.25. The molecule has 1 aromatic carbocycles. The second kappa shape index (κ2) is 11.7. The summed E-state index contributed by atoms with van der Waals surface area (Å²) in [6.07, 6.45) is 1.73. The molecule has 166 valence electrons. The largest absolute Gasteiger partial charge is 0.491 e. The Morgan fingerprint density at radius 2 is 1.57 bits per heavy atom. The van der Waals surface area contributed by atoms with Crippen LogP contribution >= 0.6 is 0 Å². The first-order valence-corrected chi connectivity index (χ1v) is 10.5. The van der Waals surface area contributed by atoms with Crippen LogP contribution in [0.4, 0.5) is 0 Å². The SMILES string of the molecule is CCCCN1C(=O)C(c2ccc(OC(C)C)cc2)=C(N(CCOC)CCOC)C1=O. The smallest absolute Gasteiger partial charge is 0.277 e. The van der Waals surface area contributed by atoms with E-state index >= 15 is 0 Å². The average molecular weight is 419 g/mol. The summed E-state index contributed by atoms with van der Waals surface area (Å²) in [6, 6.07) is 7.35. The van der Waals surface area contributed by atoms with Gasteiger partial charge in [-0.15, -0.1) is 0 Å². The standard InChI is InChI=1S/C23H34N2O5/c1-6-7-12-25-22(26)20(18-8-10-19(11-9-18)30-17(2)3)21(23(25)27)24(13-15-28-4)14-16-29-5/h8-11,17H,6-7,12-16H2,1-5H3. The van der Waals surface area contributed by atoms with Crippen molar-refractivity contribution in [2.75, 3.05) is 47.1 Å². The van der Waals surface area contributed by atoms with Gasteiger partial charge >= 0.3 is 0 Å². The highest BCUT2D eigenvalue weighted by molar-refractivity contribution is 6.35. The molecule has 7 nitrogen and oxygen atoms in total. The van der Waals surface area contributed by atoms with Crippen LogP contribution < -0.4 is 4.74 Å². The molecule has 7 heteroatoms. The fourth-order valence-corrected chi connectivity index (χ4v) is 3.35. The van der Waals surface area contributed by atoms with Crippen molar-refractivity contribution in [2.24, 2.45) is 0 Å². The number of ether oxygens (including phenoxy) is 3. The van der Waals surface area contributed by atoms with E-state index < -0.39 is 0 Å². The molecule has 2 amide bonds. The summed E-state index contributed by atoms with van der Waals surface area (Å²) in [5.41, 5.74) is 1.56. The number of hydrogen-bond donors (Lipinski definition) is 0. The van der Waals surface area contributed by atoms with E-state index in [0.29, 0.717) is 49.7 Å². The minimum atomic E-state index is -0.252. The van der Waals surface area contributed by atoms with Crippen LogP contribution in [0.3, 0.4) is 0 Å². The van der Waals surface area contributed by atoms with Crippen molar-refractivity contribution in [3.05, 3.63) is 35.5 Å². The van der Waals surface area contributed by atoms with Crippen LogP contribution in [0, 0.1) is 0 Å². The van der Waals surface area contributed by atoms with Gasteiger partial charge in [-0.3, -0.25) is 14.5 Å². The van der Waals surface area contributed by atoms with Crippen molar-refractivity contribution in [3.63, 3.8) is 0 Å². The fraction of sp³-hybridized carbons (Fsp3) is 0.565. The molecule has 1 heterocycles. The van der Waals surface area contributed by atoms with Gasteiger partial charge in [-0.05, 0) is 38.0 Å². The topological polar surface area (TPSA) is 68.3 Å². The number of nitrogens with zero attached hydrogens (tertiary/aromatic N) is 2. The van der Waals surface area contributed by atoms with Gasteiger partial charge in [-0.1, -0.05) is 25.5 Å². The molecule has 1 aliphatic heterocycles. The van der Waals surface area contributed by atoms with E-state index in [2.05, 4.69) is 0 Å². The van der Waals surface area contributed by atoms with E-state index in [1.165, 1.54) is 4.90 Å². The highest BCUT2D eigenvalue weighted by Crippen LogP contribution is 2.32. The molecule has 0 N–H and O–H groups in total. The highest BCUT2D eigenvalue weighted by Gasteiger charge is 2.41. The van der Waals surface area contributed by atoms with E-state index in [4.69, 9.17) is 14.2 Å². The third-order valence-corrected chi connectivity index (χ3v) is 4.84. The number of imide groups is 1. The molecule has 0 saturated heterocycles. The first kappa shape index (κ1) is 23.9. The molecule has 0 atom stereocenters. The molecular weight excluding hydrogens is 384 g/mol. The summed E-state index contributed by atoms with van der Waals surface area (Å²) in [5.74, 6) is 0.227. The number of amides is 2. The molecule has 0 aromatic heterocycles. The maximum atomic E-state index is 13.3. The number of carbonyl (C=O) groups excluding carboxylic acids is 2. The summed E-state index contributed by atoms with van der Waals surface area (Å²) < 4.78 is 16.2. The lowest BCUT2D eigenvalue weighted by Gasteiger charge is -2.25. The summed E-state index contributed by atoms with van der Waals surface area (Å²) in [5, 5.41) is 0. The quantitative estimate of drug-likeness (QED) is 0.459. The van der Waals surface area contributed by atoms with Gasteiger partial charge in [0.2, 0.25) is 0 Å². The van der Waals surface area contributed by atoms with Crippen molar-refractivity contribution in [1.29, 1.82) is 0 Å². The van der Waals surface area contributed by atoms with Gasteiger partial charge in [0, 0.05) is 33.9 Å². The Morgan fingerprint density at radius 3 is 2.07 bits per heavy atom. The van der Waals surface area contributed by atoms with Crippen molar-refractivity contribution >= 4 is 17.4 Å². The third kappa shape index (κ3) is 5.83. The second-order valence-corrected chi connectivity index (χ2v) is 7.50. The number of hydrogen-bond acceptors (Lipinski definition) is 6. The Hall–Kier alpha value is -2.38. The van der Waals surface area contributed by atoms with E-state index in [1.54, 1.807) is 14.2 Å².